The third kappa shape index (κ3) is 3.29. The molecular formula is C13H19N3O2. The number of piperazine rings is 1. The topological polar surface area (TPSA) is 53.6 Å². The summed E-state index contributed by atoms with van der Waals surface area (Å²) in [6, 6.07) is 9.43. The van der Waals surface area contributed by atoms with Gasteiger partial charge in [-0.15, -0.1) is 0 Å². The number of hydrogen-bond donors (Lipinski definition) is 2. The maximum Gasteiger partial charge on any atom is 0.268 e. The van der Waals surface area contributed by atoms with Crippen molar-refractivity contribution in [1.29, 1.82) is 0 Å². The SMILES string of the molecule is COC(C(=O)Nc1ccccc1)N1CCNCC1. The maximum atomic E-state index is 12.1. The number of methoxy groups -OCH3 is 1. The largest absolute Gasteiger partial charge is 0.357 e. The van der Waals surface area contributed by atoms with Gasteiger partial charge in [-0.25, -0.2) is 0 Å². The second kappa shape index (κ2) is 6.49. The van der Waals surface area contributed by atoms with E-state index in [4.69, 9.17) is 4.74 Å². The van der Waals surface area contributed by atoms with Crippen molar-refractivity contribution < 1.29 is 9.53 Å². The first-order chi connectivity index (χ1) is 8.81. The molecular weight excluding hydrogens is 230 g/mol. The highest BCUT2D eigenvalue weighted by Crippen LogP contribution is 2.09. The van der Waals surface area contributed by atoms with Crippen molar-refractivity contribution in [2.75, 3.05) is 38.6 Å². The first kappa shape index (κ1) is 13.0. The Balaban J connectivity index is 1.96. The summed E-state index contributed by atoms with van der Waals surface area (Å²) in [6.45, 7) is 3.42. The van der Waals surface area contributed by atoms with E-state index in [1.165, 1.54) is 0 Å². The van der Waals surface area contributed by atoms with E-state index in [0.29, 0.717) is 0 Å². The van der Waals surface area contributed by atoms with Gasteiger partial charge in [-0.2, -0.15) is 0 Å². The van der Waals surface area contributed by atoms with Crippen molar-refractivity contribution in [3.63, 3.8) is 0 Å². The van der Waals surface area contributed by atoms with Crippen LogP contribution in [0, 0.1) is 0 Å². The molecule has 1 fully saturated rings. The smallest absolute Gasteiger partial charge is 0.268 e. The standard InChI is InChI=1S/C13H19N3O2/c1-18-13(16-9-7-14-8-10-16)12(17)15-11-5-3-2-4-6-11/h2-6,13-14H,7-10H2,1H3,(H,15,17). The molecule has 1 aromatic rings. The normalized spacial score (nSPS) is 18.3. The molecule has 98 valence electrons. The molecule has 1 unspecified atom stereocenters. The van der Waals surface area contributed by atoms with Crippen molar-refractivity contribution in [2.45, 2.75) is 6.23 Å². The molecule has 0 aliphatic carbocycles. The zero-order valence-electron chi connectivity index (χ0n) is 10.6. The predicted octanol–water partition coefficient (Wildman–Crippen LogP) is 0.503. The number of anilines is 1. The molecule has 0 radical (unpaired) electrons. The van der Waals surface area contributed by atoms with Crippen LogP contribution in [-0.2, 0) is 9.53 Å². The van der Waals surface area contributed by atoms with Gasteiger partial charge in [0.05, 0.1) is 0 Å². The summed E-state index contributed by atoms with van der Waals surface area (Å²) in [5, 5.41) is 6.12. The van der Waals surface area contributed by atoms with Gasteiger partial charge in [0.15, 0.2) is 6.23 Å². The average Bonchev–Trinajstić information content (AvgIpc) is 2.42. The molecule has 1 aliphatic rings. The summed E-state index contributed by atoms with van der Waals surface area (Å²) in [5.41, 5.74) is 0.791. The molecule has 5 nitrogen and oxygen atoms in total. The Labute approximate surface area is 107 Å². The molecule has 2 N–H and O–H groups in total. The van der Waals surface area contributed by atoms with Crippen molar-refractivity contribution in [1.82, 2.24) is 10.2 Å². The number of amides is 1. The zero-order valence-corrected chi connectivity index (χ0v) is 10.6. The van der Waals surface area contributed by atoms with E-state index in [1.54, 1.807) is 7.11 Å². The summed E-state index contributed by atoms with van der Waals surface area (Å²) in [6.07, 6.45) is -0.521. The molecule has 18 heavy (non-hydrogen) atoms. The third-order valence-corrected chi connectivity index (χ3v) is 2.97. The van der Waals surface area contributed by atoms with Crippen LogP contribution >= 0.6 is 0 Å². The number of ether oxygens (including phenoxy) is 1. The summed E-state index contributed by atoms with van der Waals surface area (Å²) >= 11 is 0. The van der Waals surface area contributed by atoms with E-state index in [9.17, 15) is 4.79 Å². The molecule has 2 rings (SSSR count). The van der Waals surface area contributed by atoms with E-state index in [2.05, 4.69) is 10.6 Å². The fourth-order valence-corrected chi connectivity index (χ4v) is 2.06. The molecule has 0 aromatic heterocycles. The van der Waals surface area contributed by atoms with E-state index >= 15 is 0 Å². The lowest BCUT2D eigenvalue weighted by Gasteiger charge is -2.32. The Hall–Kier alpha value is -1.43. The molecule has 1 atom stereocenters. The molecule has 1 aliphatic heterocycles. The van der Waals surface area contributed by atoms with Crippen LogP contribution < -0.4 is 10.6 Å². The van der Waals surface area contributed by atoms with Crippen molar-refractivity contribution in [3.8, 4) is 0 Å². The molecule has 0 spiro atoms. The fourth-order valence-electron chi connectivity index (χ4n) is 2.06. The Kier molecular flexibility index (Phi) is 4.69. The summed E-state index contributed by atoms with van der Waals surface area (Å²) in [5.74, 6) is -0.120. The second-order valence-corrected chi connectivity index (χ2v) is 4.23. The fraction of sp³-hybridized carbons (Fsp3) is 0.462. The van der Waals surface area contributed by atoms with E-state index in [1.807, 2.05) is 35.2 Å². The lowest BCUT2D eigenvalue weighted by atomic mass is 10.3. The molecule has 1 saturated heterocycles. The number of para-hydroxylation sites is 1. The molecule has 1 aromatic carbocycles. The minimum atomic E-state index is -0.521. The number of carbonyl (C=O) groups is 1. The van der Waals surface area contributed by atoms with Gasteiger partial charge < -0.3 is 15.4 Å². The van der Waals surface area contributed by atoms with Crippen LogP contribution in [0.25, 0.3) is 0 Å². The Morgan fingerprint density at radius 3 is 2.61 bits per heavy atom. The molecule has 0 saturated carbocycles. The highest BCUT2D eigenvalue weighted by molar-refractivity contribution is 5.93. The molecule has 1 heterocycles. The van der Waals surface area contributed by atoms with Crippen LogP contribution in [0.15, 0.2) is 30.3 Å². The Morgan fingerprint density at radius 1 is 1.33 bits per heavy atom. The summed E-state index contributed by atoms with van der Waals surface area (Å²) < 4.78 is 5.31. The highest BCUT2D eigenvalue weighted by Gasteiger charge is 2.26. The van der Waals surface area contributed by atoms with Gasteiger partial charge >= 0.3 is 0 Å². The van der Waals surface area contributed by atoms with Crippen LogP contribution in [0.3, 0.4) is 0 Å². The number of rotatable bonds is 4. The first-order valence-electron chi connectivity index (χ1n) is 6.15. The van der Waals surface area contributed by atoms with Gasteiger partial charge in [0.25, 0.3) is 5.91 Å². The minimum absolute atomic E-state index is 0.120. The monoisotopic (exact) mass is 249 g/mol. The van der Waals surface area contributed by atoms with Gasteiger partial charge in [-0.05, 0) is 12.1 Å². The van der Waals surface area contributed by atoms with Crippen LogP contribution in [0.2, 0.25) is 0 Å². The van der Waals surface area contributed by atoms with Crippen molar-refractivity contribution in [3.05, 3.63) is 30.3 Å². The van der Waals surface area contributed by atoms with Crippen LogP contribution in [0.5, 0.6) is 0 Å². The van der Waals surface area contributed by atoms with Gasteiger partial charge in [-0.3, -0.25) is 9.69 Å². The predicted molar refractivity (Wildman–Crippen MR) is 70.3 cm³/mol. The number of carbonyl (C=O) groups excluding carboxylic acids is 1. The maximum absolute atomic E-state index is 12.1. The minimum Gasteiger partial charge on any atom is -0.357 e. The van der Waals surface area contributed by atoms with Gasteiger partial charge in [0.1, 0.15) is 0 Å². The number of hydrogen-bond acceptors (Lipinski definition) is 4. The van der Waals surface area contributed by atoms with Gasteiger partial charge in [-0.1, -0.05) is 18.2 Å². The average molecular weight is 249 g/mol. The summed E-state index contributed by atoms with van der Waals surface area (Å²) in [7, 11) is 1.57. The third-order valence-electron chi connectivity index (χ3n) is 2.97. The number of nitrogens with zero attached hydrogens (tertiary/aromatic N) is 1. The molecule has 0 bridgehead atoms. The number of nitrogens with one attached hydrogen (secondary N) is 2. The molecule has 5 heteroatoms. The lowest BCUT2D eigenvalue weighted by Crippen LogP contribution is -2.53. The van der Waals surface area contributed by atoms with E-state index in [0.717, 1.165) is 31.9 Å². The van der Waals surface area contributed by atoms with Gasteiger partial charge in [0, 0.05) is 39.0 Å². The number of benzene rings is 1. The van der Waals surface area contributed by atoms with Crippen molar-refractivity contribution in [2.24, 2.45) is 0 Å². The van der Waals surface area contributed by atoms with Crippen LogP contribution in [0.1, 0.15) is 0 Å². The molecule has 1 amide bonds. The quantitative estimate of drug-likeness (QED) is 0.816. The summed E-state index contributed by atoms with van der Waals surface area (Å²) in [4.78, 5) is 14.2. The van der Waals surface area contributed by atoms with Crippen LogP contribution in [-0.4, -0.2) is 50.3 Å². The van der Waals surface area contributed by atoms with E-state index in [-0.39, 0.29) is 5.91 Å². The second-order valence-electron chi connectivity index (χ2n) is 4.23. The highest BCUT2D eigenvalue weighted by atomic mass is 16.5. The first-order valence-corrected chi connectivity index (χ1v) is 6.15. The van der Waals surface area contributed by atoms with Crippen molar-refractivity contribution >= 4 is 11.6 Å². The van der Waals surface area contributed by atoms with E-state index < -0.39 is 6.23 Å². The zero-order chi connectivity index (χ0) is 12.8. The Bertz CT molecular complexity index is 377. The van der Waals surface area contributed by atoms with Gasteiger partial charge in [0.2, 0.25) is 0 Å². The Morgan fingerprint density at radius 2 is 2.00 bits per heavy atom. The van der Waals surface area contributed by atoms with Crippen LogP contribution in [0.4, 0.5) is 5.69 Å². The lowest BCUT2D eigenvalue weighted by molar-refractivity contribution is -0.138.